The van der Waals surface area contributed by atoms with Gasteiger partial charge in [0.25, 0.3) is 0 Å². The van der Waals surface area contributed by atoms with E-state index in [2.05, 4.69) is 47.6 Å². The van der Waals surface area contributed by atoms with Crippen LogP contribution in [0.1, 0.15) is 45.7 Å². The number of benzene rings is 1. The normalized spacial score (nSPS) is 9.89. The molecule has 0 aliphatic carbocycles. The van der Waals surface area contributed by atoms with E-state index in [1.807, 2.05) is 18.2 Å². The van der Waals surface area contributed by atoms with Crippen LogP contribution in [0.5, 0.6) is 0 Å². The molecular weight excluding hydrogens is 218 g/mol. The molecule has 1 rings (SSSR count). The Labute approximate surface area is 111 Å². The van der Waals surface area contributed by atoms with Crippen molar-refractivity contribution < 1.29 is 0 Å². The largest absolute Gasteiger partial charge is 0.300 e. The Morgan fingerprint density at radius 2 is 1.44 bits per heavy atom. The standard InChI is InChI=1S/C17H23N/c1-11(2)14(6)16(12(3)4)17(18)15-10-8-7-9-13(15)5/h7-10,18H,1-6H3. The third kappa shape index (κ3) is 2.98. The molecule has 0 spiro atoms. The molecular formula is C17H23N. The van der Waals surface area contributed by atoms with E-state index < -0.39 is 0 Å². The van der Waals surface area contributed by atoms with Crippen LogP contribution < -0.4 is 0 Å². The lowest BCUT2D eigenvalue weighted by Gasteiger charge is -2.16. The van der Waals surface area contributed by atoms with E-state index in [0.29, 0.717) is 5.71 Å². The topological polar surface area (TPSA) is 23.9 Å². The SMILES string of the molecule is CC(C)=C(C)C(C(=N)c1ccccc1C)=C(C)C. The van der Waals surface area contributed by atoms with E-state index in [-0.39, 0.29) is 0 Å². The van der Waals surface area contributed by atoms with Gasteiger partial charge in [0.2, 0.25) is 0 Å². The van der Waals surface area contributed by atoms with Gasteiger partial charge in [-0.2, -0.15) is 0 Å². The highest BCUT2D eigenvalue weighted by Crippen LogP contribution is 2.23. The highest BCUT2D eigenvalue weighted by Gasteiger charge is 2.13. The highest BCUT2D eigenvalue weighted by molar-refractivity contribution is 6.14. The van der Waals surface area contributed by atoms with Crippen molar-refractivity contribution >= 4 is 5.71 Å². The molecule has 0 aliphatic rings. The van der Waals surface area contributed by atoms with Gasteiger partial charge in [-0.1, -0.05) is 35.4 Å². The predicted octanol–water partition coefficient (Wildman–Crippen LogP) is 5.06. The monoisotopic (exact) mass is 241 g/mol. The Morgan fingerprint density at radius 3 is 1.89 bits per heavy atom. The minimum Gasteiger partial charge on any atom is -0.300 e. The van der Waals surface area contributed by atoms with Crippen molar-refractivity contribution in [1.82, 2.24) is 0 Å². The second kappa shape index (κ2) is 5.81. The lowest BCUT2D eigenvalue weighted by Crippen LogP contribution is -2.09. The summed E-state index contributed by atoms with van der Waals surface area (Å²) in [5, 5.41) is 8.49. The number of hydrogen-bond donors (Lipinski definition) is 1. The molecule has 0 unspecified atom stereocenters. The molecule has 0 saturated heterocycles. The number of nitrogens with one attached hydrogen (secondary N) is 1. The number of aryl methyl sites for hydroxylation is 1. The van der Waals surface area contributed by atoms with Gasteiger partial charge in [0, 0.05) is 11.1 Å². The van der Waals surface area contributed by atoms with Crippen LogP contribution in [0.15, 0.2) is 46.6 Å². The quantitative estimate of drug-likeness (QED) is 0.565. The van der Waals surface area contributed by atoms with Crippen LogP contribution in [0, 0.1) is 12.3 Å². The van der Waals surface area contributed by atoms with Crippen molar-refractivity contribution in [3.05, 3.63) is 57.7 Å². The average molecular weight is 241 g/mol. The van der Waals surface area contributed by atoms with Gasteiger partial charge in [0.05, 0.1) is 5.71 Å². The van der Waals surface area contributed by atoms with E-state index >= 15 is 0 Å². The van der Waals surface area contributed by atoms with E-state index in [1.165, 1.54) is 16.7 Å². The summed E-state index contributed by atoms with van der Waals surface area (Å²) in [5.41, 5.74) is 7.56. The third-order valence-corrected chi connectivity index (χ3v) is 3.29. The van der Waals surface area contributed by atoms with Gasteiger partial charge >= 0.3 is 0 Å². The fraction of sp³-hybridized carbons (Fsp3) is 0.353. The summed E-state index contributed by atoms with van der Waals surface area (Å²) < 4.78 is 0. The molecule has 0 fully saturated rings. The van der Waals surface area contributed by atoms with E-state index in [1.54, 1.807) is 0 Å². The first-order valence-corrected chi connectivity index (χ1v) is 6.33. The Bertz CT molecular complexity index is 522. The molecule has 96 valence electrons. The first-order chi connectivity index (χ1) is 8.36. The Hall–Kier alpha value is -1.63. The number of rotatable bonds is 3. The smallest absolute Gasteiger partial charge is 0.0689 e. The maximum absolute atomic E-state index is 8.49. The molecule has 0 atom stereocenters. The molecule has 1 N–H and O–H groups in total. The van der Waals surface area contributed by atoms with Crippen LogP contribution in [0.2, 0.25) is 0 Å². The minimum absolute atomic E-state index is 0.631. The number of hydrogen-bond acceptors (Lipinski definition) is 1. The molecule has 0 saturated carbocycles. The summed E-state index contributed by atoms with van der Waals surface area (Å²) in [6.07, 6.45) is 0. The second-order valence-corrected chi connectivity index (χ2v) is 5.19. The molecule has 0 amide bonds. The summed E-state index contributed by atoms with van der Waals surface area (Å²) in [4.78, 5) is 0. The average Bonchev–Trinajstić information content (AvgIpc) is 2.28. The molecule has 1 heteroatoms. The minimum atomic E-state index is 0.631. The van der Waals surface area contributed by atoms with E-state index in [0.717, 1.165) is 16.7 Å². The van der Waals surface area contributed by atoms with Crippen molar-refractivity contribution in [2.75, 3.05) is 0 Å². The maximum atomic E-state index is 8.49. The molecule has 0 aliphatic heterocycles. The van der Waals surface area contributed by atoms with Crippen LogP contribution >= 0.6 is 0 Å². The van der Waals surface area contributed by atoms with Gasteiger partial charge in [0.1, 0.15) is 0 Å². The van der Waals surface area contributed by atoms with Gasteiger partial charge in [0.15, 0.2) is 0 Å². The van der Waals surface area contributed by atoms with Gasteiger partial charge in [-0.15, -0.1) is 0 Å². The van der Waals surface area contributed by atoms with Crippen molar-refractivity contribution in [1.29, 1.82) is 5.41 Å². The van der Waals surface area contributed by atoms with E-state index in [4.69, 9.17) is 5.41 Å². The molecule has 1 aromatic carbocycles. The van der Waals surface area contributed by atoms with Crippen LogP contribution in [0.4, 0.5) is 0 Å². The zero-order chi connectivity index (χ0) is 13.9. The van der Waals surface area contributed by atoms with Crippen molar-refractivity contribution in [3.63, 3.8) is 0 Å². The summed E-state index contributed by atoms with van der Waals surface area (Å²) in [7, 11) is 0. The molecule has 0 aromatic heterocycles. The Morgan fingerprint density at radius 1 is 0.889 bits per heavy atom. The first kappa shape index (κ1) is 14.4. The zero-order valence-corrected chi connectivity index (χ0v) is 12.3. The van der Waals surface area contributed by atoms with Crippen LogP contribution in [-0.2, 0) is 0 Å². The van der Waals surface area contributed by atoms with Gasteiger partial charge < -0.3 is 0 Å². The first-order valence-electron chi connectivity index (χ1n) is 6.33. The zero-order valence-electron chi connectivity index (χ0n) is 12.3. The van der Waals surface area contributed by atoms with Gasteiger partial charge in [-0.05, 0) is 52.7 Å². The second-order valence-electron chi connectivity index (χ2n) is 5.19. The van der Waals surface area contributed by atoms with Crippen molar-refractivity contribution in [2.24, 2.45) is 0 Å². The molecule has 1 nitrogen and oxygen atoms in total. The molecule has 1 aromatic rings. The maximum Gasteiger partial charge on any atom is 0.0689 e. The molecule has 0 radical (unpaired) electrons. The summed E-state index contributed by atoms with van der Waals surface area (Å²) in [5.74, 6) is 0. The van der Waals surface area contributed by atoms with Crippen molar-refractivity contribution in [2.45, 2.75) is 41.5 Å². The lowest BCUT2D eigenvalue weighted by atomic mass is 9.89. The van der Waals surface area contributed by atoms with Gasteiger partial charge in [-0.3, -0.25) is 5.41 Å². The Kier molecular flexibility index (Phi) is 4.66. The molecule has 0 bridgehead atoms. The third-order valence-electron chi connectivity index (χ3n) is 3.29. The van der Waals surface area contributed by atoms with Crippen LogP contribution in [-0.4, -0.2) is 5.71 Å². The number of allylic oxidation sites excluding steroid dienone is 4. The van der Waals surface area contributed by atoms with E-state index in [9.17, 15) is 0 Å². The highest BCUT2D eigenvalue weighted by atomic mass is 14.4. The predicted molar refractivity (Wildman–Crippen MR) is 80.4 cm³/mol. The van der Waals surface area contributed by atoms with Gasteiger partial charge in [-0.25, -0.2) is 0 Å². The molecule has 18 heavy (non-hydrogen) atoms. The van der Waals surface area contributed by atoms with Crippen molar-refractivity contribution in [3.8, 4) is 0 Å². The van der Waals surface area contributed by atoms with Crippen LogP contribution in [0.25, 0.3) is 0 Å². The summed E-state index contributed by atoms with van der Waals surface area (Å²) in [6, 6.07) is 8.10. The summed E-state index contributed by atoms with van der Waals surface area (Å²) >= 11 is 0. The molecule has 0 heterocycles. The fourth-order valence-electron chi connectivity index (χ4n) is 2.05. The summed E-state index contributed by atoms with van der Waals surface area (Å²) in [6.45, 7) is 12.5. The Balaban J connectivity index is 3.37. The fourth-order valence-corrected chi connectivity index (χ4v) is 2.05. The lowest BCUT2D eigenvalue weighted by molar-refractivity contribution is 1.21. The van der Waals surface area contributed by atoms with Crippen LogP contribution in [0.3, 0.4) is 0 Å².